The van der Waals surface area contributed by atoms with Crippen molar-refractivity contribution in [3.63, 3.8) is 0 Å². The van der Waals surface area contributed by atoms with Crippen LogP contribution in [0.1, 0.15) is 40.5 Å². The molecule has 0 aliphatic carbocycles. The molecule has 1 N–H and O–H groups in total. The van der Waals surface area contributed by atoms with E-state index in [0.717, 1.165) is 32.6 Å². The van der Waals surface area contributed by atoms with Gasteiger partial charge in [-0.3, -0.25) is 0 Å². The van der Waals surface area contributed by atoms with E-state index in [4.69, 9.17) is 14.2 Å². The van der Waals surface area contributed by atoms with Crippen LogP contribution >= 0.6 is 0 Å². The fourth-order valence-electron chi connectivity index (χ4n) is 2.28. The first-order chi connectivity index (χ1) is 8.41. The molecule has 0 unspecified atom stereocenters. The maximum absolute atomic E-state index is 6.09. The Bertz CT molecular complexity index is 269. The van der Waals surface area contributed by atoms with Gasteiger partial charge >= 0.3 is 0 Å². The van der Waals surface area contributed by atoms with Gasteiger partial charge in [0.2, 0.25) is 0 Å². The third-order valence-corrected chi connectivity index (χ3v) is 4.12. The average Bonchev–Trinajstić information content (AvgIpc) is 2.69. The molecular weight excluding hydrogens is 230 g/mol. The molecule has 1 spiro atoms. The fraction of sp³-hybridized carbons (Fsp3) is 1.00. The van der Waals surface area contributed by atoms with Crippen LogP contribution in [0.25, 0.3) is 0 Å². The van der Waals surface area contributed by atoms with Gasteiger partial charge in [-0.2, -0.15) is 0 Å². The van der Waals surface area contributed by atoms with Crippen LogP contribution in [-0.2, 0) is 14.2 Å². The Hall–Kier alpha value is -0.160. The molecule has 4 heteroatoms. The molecular formula is C14H27NO3. The first kappa shape index (κ1) is 14.3. The summed E-state index contributed by atoms with van der Waals surface area (Å²) in [5.41, 5.74) is 0.274. The van der Waals surface area contributed by atoms with Crippen LogP contribution in [0.15, 0.2) is 0 Å². The topological polar surface area (TPSA) is 39.7 Å². The van der Waals surface area contributed by atoms with Gasteiger partial charge in [0.05, 0.1) is 25.9 Å². The van der Waals surface area contributed by atoms with Gasteiger partial charge in [-0.25, -0.2) is 0 Å². The van der Waals surface area contributed by atoms with Gasteiger partial charge in [0, 0.05) is 25.4 Å². The summed E-state index contributed by atoms with van der Waals surface area (Å²) in [6.45, 7) is 12.0. The SMILES string of the molecule is C[C@H](NC[C@@H]1COC2(CCOCC2)O1)C(C)(C)C. The third kappa shape index (κ3) is 3.44. The molecule has 0 aromatic carbocycles. The molecule has 2 aliphatic heterocycles. The maximum atomic E-state index is 6.09. The first-order valence-electron chi connectivity index (χ1n) is 7.04. The molecule has 2 aliphatic rings. The van der Waals surface area contributed by atoms with Crippen molar-refractivity contribution in [2.75, 3.05) is 26.4 Å². The minimum Gasteiger partial charge on any atom is -0.381 e. The number of nitrogens with one attached hydrogen (secondary N) is 1. The predicted octanol–water partition coefficient (Wildman–Crippen LogP) is 1.93. The zero-order valence-electron chi connectivity index (χ0n) is 12.1. The summed E-state index contributed by atoms with van der Waals surface area (Å²) in [7, 11) is 0. The monoisotopic (exact) mass is 257 g/mol. The zero-order valence-corrected chi connectivity index (χ0v) is 12.1. The van der Waals surface area contributed by atoms with Crippen molar-refractivity contribution in [3.05, 3.63) is 0 Å². The lowest BCUT2D eigenvalue weighted by molar-refractivity contribution is -0.210. The van der Waals surface area contributed by atoms with E-state index in [-0.39, 0.29) is 17.3 Å². The Labute approximate surface area is 110 Å². The van der Waals surface area contributed by atoms with E-state index in [0.29, 0.717) is 12.6 Å². The largest absolute Gasteiger partial charge is 0.381 e. The van der Waals surface area contributed by atoms with E-state index in [1.54, 1.807) is 0 Å². The van der Waals surface area contributed by atoms with Crippen LogP contribution in [-0.4, -0.2) is 44.3 Å². The smallest absolute Gasteiger partial charge is 0.173 e. The van der Waals surface area contributed by atoms with Crippen LogP contribution < -0.4 is 5.32 Å². The highest BCUT2D eigenvalue weighted by Crippen LogP contribution is 2.33. The number of hydrogen-bond acceptors (Lipinski definition) is 4. The Morgan fingerprint density at radius 3 is 2.56 bits per heavy atom. The lowest BCUT2D eigenvalue weighted by Gasteiger charge is -2.32. The second-order valence-corrected chi connectivity index (χ2v) is 6.57. The minimum atomic E-state index is -0.352. The number of rotatable bonds is 3. The second-order valence-electron chi connectivity index (χ2n) is 6.57. The second kappa shape index (κ2) is 5.45. The summed E-state index contributed by atoms with van der Waals surface area (Å²) in [6.07, 6.45) is 1.89. The molecule has 0 saturated carbocycles. The van der Waals surface area contributed by atoms with E-state index in [1.165, 1.54) is 0 Å². The lowest BCUT2D eigenvalue weighted by atomic mass is 9.88. The highest BCUT2D eigenvalue weighted by molar-refractivity contribution is 4.84. The van der Waals surface area contributed by atoms with E-state index < -0.39 is 0 Å². The Kier molecular flexibility index (Phi) is 4.32. The first-order valence-corrected chi connectivity index (χ1v) is 7.04. The molecule has 4 nitrogen and oxygen atoms in total. The maximum Gasteiger partial charge on any atom is 0.173 e. The van der Waals surface area contributed by atoms with Crippen molar-refractivity contribution in [3.8, 4) is 0 Å². The quantitative estimate of drug-likeness (QED) is 0.838. The third-order valence-electron chi connectivity index (χ3n) is 4.12. The highest BCUT2D eigenvalue weighted by Gasteiger charge is 2.42. The number of ether oxygens (including phenoxy) is 3. The van der Waals surface area contributed by atoms with Gasteiger partial charge in [-0.15, -0.1) is 0 Å². The molecule has 2 atom stereocenters. The molecule has 0 bridgehead atoms. The summed E-state index contributed by atoms with van der Waals surface area (Å²) < 4.78 is 17.3. The summed E-state index contributed by atoms with van der Waals surface area (Å²) in [6, 6.07) is 0.465. The van der Waals surface area contributed by atoms with Crippen LogP contribution in [0, 0.1) is 5.41 Å². The van der Waals surface area contributed by atoms with Gasteiger partial charge in [0.1, 0.15) is 0 Å². The van der Waals surface area contributed by atoms with Crippen molar-refractivity contribution in [2.24, 2.45) is 5.41 Å². The predicted molar refractivity (Wildman–Crippen MR) is 70.5 cm³/mol. The zero-order chi connectivity index (χ0) is 13.2. The van der Waals surface area contributed by atoms with Crippen LogP contribution in [0.2, 0.25) is 0 Å². The van der Waals surface area contributed by atoms with Crippen molar-refractivity contribution in [1.29, 1.82) is 0 Å². The lowest BCUT2D eigenvalue weighted by Crippen LogP contribution is -2.43. The number of hydrogen-bond donors (Lipinski definition) is 1. The van der Waals surface area contributed by atoms with Crippen molar-refractivity contribution in [2.45, 2.75) is 58.5 Å². The van der Waals surface area contributed by atoms with E-state index in [1.807, 2.05) is 0 Å². The fourth-order valence-corrected chi connectivity index (χ4v) is 2.28. The minimum absolute atomic E-state index is 0.174. The summed E-state index contributed by atoms with van der Waals surface area (Å²) in [5, 5.41) is 3.55. The molecule has 0 aromatic rings. The Balaban J connectivity index is 1.76. The summed E-state index contributed by atoms with van der Waals surface area (Å²) in [5.74, 6) is -0.352. The molecule has 18 heavy (non-hydrogen) atoms. The van der Waals surface area contributed by atoms with Crippen LogP contribution in [0.5, 0.6) is 0 Å². The molecule has 2 rings (SSSR count). The molecule has 0 aromatic heterocycles. The highest BCUT2D eigenvalue weighted by atomic mass is 16.7. The summed E-state index contributed by atoms with van der Waals surface area (Å²) in [4.78, 5) is 0. The molecule has 0 radical (unpaired) electrons. The molecule has 0 amide bonds. The van der Waals surface area contributed by atoms with E-state index >= 15 is 0 Å². The Morgan fingerprint density at radius 2 is 1.94 bits per heavy atom. The van der Waals surface area contributed by atoms with Gasteiger partial charge in [-0.1, -0.05) is 20.8 Å². The Morgan fingerprint density at radius 1 is 1.28 bits per heavy atom. The van der Waals surface area contributed by atoms with Crippen molar-refractivity contribution >= 4 is 0 Å². The van der Waals surface area contributed by atoms with Crippen LogP contribution in [0.3, 0.4) is 0 Å². The van der Waals surface area contributed by atoms with E-state index in [2.05, 4.69) is 33.0 Å². The van der Waals surface area contributed by atoms with Crippen molar-refractivity contribution in [1.82, 2.24) is 5.32 Å². The normalized spacial score (nSPS) is 29.7. The molecule has 2 fully saturated rings. The van der Waals surface area contributed by atoms with Gasteiger partial charge in [-0.05, 0) is 12.3 Å². The van der Waals surface area contributed by atoms with Crippen LogP contribution in [0.4, 0.5) is 0 Å². The average molecular weight is 257 g/mol. The standard InChI is InChI=1S/C14H27NO3/c1-11(13(2,3)4)15-9-12-10-17-14(18-12)5-7-16-8-6-14/h11-12,15H,5-10H2,1-4H3/t11-,12+/m0/s1. The summed E-state index contributed by atoms with van der Waals surface area (Å²) >= 11 is 0. The van der Waals surface area contributed by atoms with Gasteiger partial charge in [0.25, 0.3) is 0 Å². The van der Waals surface area contributed by atoms with Gasteiger partial charge < -0.3 is 19.5 Å². The molecule has 106 valence electrons. The molecule has 2 heterocycles. The van der Waals surface area contributed by atoms with E-state index in [9.17, 15) is 0 Å². The van der Waals surface area contributed by atoms with Crippen molar-refractivity contribution < 1.29 is 14.2 Å². The molecule has 2 saturated heterocycles. The van der Waals surface area contributed by atoms with Gasteiger partial charge in [0.15, 0.2) is 5.79 Å².